The quantitative estimate of drug-likeness (QED) is 0.707. The normalized spacial score (nSPS) is 17.9. The molecule has 0 N–H and O–H groups in total. The summed E-state index contributed by atoms with van der Waals surface area (Å²) in [5.41, 5.74) is -0.416. The van der Waals surface area contributed by atoms with Crippen LogP contribution in [0.2, 0.25) is 0 Å². The maximum Gasteiger partial charge on any atom is 0.410 e. The van der Waals surface area contributed by atoms with Crippen LogP contribution in [0.25, 0.3) is 0 Å². The van der Waals surface area contributed by atoms with Crippen molar-refractivity contribution < 1.29 is 14.3 Å². The second-order valence-corrected chi connectivity index (χ2v) is 5.19. The molecule has 4 nitrogen and oxygen atoms in total. The van der Waals surface area contributed by atoms with E-state index in [1.165, 1.54) is 0 Å². The molecule has 0 aromatic carbocycles. The van der Waals surface area contributed by atoms with Gasteiger partial charge in [-0.25, -0.2) is 4.79 Å². The summed E-state index contributed by atoms with van der Waals surface area (Å²) in [5, 5.41) is 0. The van der Waals surface area contributed by atoms with Gasteiger partial charge >= 0.3 is 6.09 Å². The first-order valence-electron chi connectivity index (χ1n) is 5.41. The van der Waals surface area contributed by atoms with Gasteiger partial charge in [-0.2, -0.15) is 0 Å². The number of ether oxygens (including phenoxy) is 2. The van der Waals surface area contributed by atoms with Gasteiger partial charge in [-0.3, -0.25) is 0 Å². The van der Waals surface area contributed by atoms with Crippen LogP contribution in [0.4, 0.5) is 4.79 Å². The van der Waals surface area contributed by atoms with E-state index in [0.717, 1.165) is 0 Å². The zero-order chi connectivity index (χ0) is 11.6. The molecule has 0 aliphatic carbocycles. The molecule has 15 heavy (non-hydrogen) atoms. The maximum absolute atomic E-state index is 11.5. The fourth-order valence-corrected chi connectivity index (χ4v) is 1.38. The van der Waals surface area contributed by atoms with Crippen LogP contribution in [0.5, 0.6) is 0 Å². The average Bonchev–Trinajstić information content (AvgIpc) is 1.91. The van der Waals surface area contributed by atoms with E-state index in [2.05, 4.69) is 0 Å². The molecule has 1 saturated heterocycles. The number of likely N-dealkylation sites (tertiary alicyclic amines) is 1. The van der Waals surface area contributed by atoms with Crippen LogP contribution in [0, 0.1) is 0 Å². The Kier molecular flexibility index (Phi) is 3.60. The van der Waals surface area contributed by atoms with E-state index in [4.69, 9.17) is 9.47 Å². The molecule has 0 spiro atoms. The molecule has 0 atom stereocenters. The van der Waals surface area contributed by atoms with Crippen LogP contribution < -0.4 is 0 Å². The molecule has 1 fully saturated rings. The average molecular weight is 215 g/mol. The highest BCUT2D eigenvalue weighted by Gasteiger charge is 2.34. The van der Waals surface area contributed by atoms with Gasteiger partial charge in [-0.05, 0) is 34.6 Å². The zero-order valence-corrected chi connectivity index (χ0v) is 10.2. The van der Waals surface area contributed by atoms with E-state index in [9.17, 15) is 4.79 Å². The van der Waals surface area contributed by atoms with Gasteiger partial charge in [0.05, 0.1) is 25.3 Å². The molecule has 1 aliphatic heterocycles. The molecule has 0 aromatic heterocycles. The van der Waals surface area contributed by atoms with Crippen molar-refractivity contribution in [2.24, 2.45) is 0 Å². The Morgan fingerprint density at radius 2 is 1.87 bits per heavy atom. The summed E-state index contributed by atoms with van der Waals surface area (Å²) in [6.45, 7) is 10.9. The Morgan fingerprint density at radius 3 is 2.27 bits per heavy atom. The third-order valence-corrected chi connectivity index (χ3v) is 1.96. The van der Waals surface area contributed by atoms with Crippen molar-refractivity contribution in [2.45, 2.75) is 52.4 Å². The van der Waals surface area contributed by atoms with Crippen LogP contribution in [0.1, 0.15) is 34.6 Å². The lowest BCUT2D eigenvalue weighted by molar-refractivity contribution is -0.0833. The highest BCUT2D eigenvalue weighted by atomic mass is 16.6. The molecule has 4 heteroatoms. The van der Waals surface area contributed by atoms with Crippen molar-refractivity contribution in [1.82, 2.24) is 4.90 Å². The molecule has 88 valence electrons. The number of rotatable bonds is 2. The highest BCUT2D eigenvalue weighted by molar-refractivity contribution is 5.69. The minimum Gasteiger partial charge on any atom is -0.444 e. The number of amides is 1. The third-order valence-electron chi connectivity index (χ3n) is 1.96. The Morgan fingerprint density at radius 1 is 1.33 bits per heavy atom. The Labute approximate surface area is 91.5 Å². The van der Waals surface area contributed by atoms with Crippen molar-refractivity contribution >= 4 is 6.09 Å². The summed E-state index contributed by atoms with van der Waals surface area (Å²) < 4.78 is 10.8. The predicted octanol–water partition coefficient (Wildman–Crippen LogP) is 2.03. The zero-order valence-electron chi connectivity index (χ0n) is 10.2. The van der Waals surface area contributed by atoms with Gasteiger partial charge < -0.3 is 14.4 Å². The van der Waals surface area contributed by atoms with Gasteiger partial charge in [0.1, 0.15) is 5.60 Å². The van der Waals surface area contributed by atoms with Crippen molar-refractivity contribution in [3.8, 4) is 0 Å². The van der Waals surface area contributed by atoms with E-state index in [1.54, 1.807) is 4.90 Å². The van der Waals surface area contributed by atoms with Gasteiger partial charge in [0.2, 0.25) is 0 Å². The molecule has 0 aromatic rings. The number of nitrogens with zero attached hydrogens (tertiary/aromatic N) is 1. The molecular weight excluding hydrogens is 194 g/mol. The van der Waals surface area contributed by atoms with Crippen molar-refractivity contribution in [1.29, 1.82) is 0 Å². The first-order valence-corrected chi connectivity index (χ1v) is 5.41. The lowest BCUT2D eigenvalue weighted by atomic mass is 10.1. The smallest absolute Gasteiger partial charge is 0.410 e. The van der Waals surface area contributed by atoms with E-state index in [-0.39, 0.29) is 18.3 Å². The Balaban J connectivity index is 2.24. The summed E-state index contributed by atoms with van der Waals surface area (Å²) >= 11 is 0. The van der Waals surface area contributed by atoms with Gasteiger partial charge in [0, 0.05) is 0 Å². The lowest BCUT2D eigenvalue weighted by Crippen LogP contribution is -2.56. The van der Waals surface area contributed by atoms with Gasteiger partial charge in [0.25, 0.3) is 0 Å². The fourth-order valence-electron chi connectivity index (χ4n) is 1.38. The van der Waals surface area contributed by atoms with Crippen molar-refractivity contribution in [2.75, 3.05) is 13.1 Å². The van der Waals surface area contributed by atoms with E-state index < -0.39 is 5.60 Å². The van der Waals surface area contributed by atoms with Gasteiger partial charge in [0.15, 0.2) is 0 Å². The first kappa shape index (κ1) is 12.3. The maximum atomic E-state index is 11.5. The first-order chi connectivity index (χ1) is 6.78. The largest absolute Gasteiger partial charge is 0.444 e. The molecular formula is C11H21NO3. The summed E-state index contributed by atoms with van der Waals surface area (Å²) in [4.78, 5) is 13.2. The van der Waals surface area contributed by atoms with Gasteiger partial charge in [-0.15, -0.1) is 0 Å². The SMILES string of the molecule is CC(C)OC1CN(C(=O)OC(C)(C)C)C1. The number of carbonyl (C=O) groups is 1. The van der Waals surface area contributed by atoms with E-state index in [0.29, 0.717) is 13.1 Å². The predicted molar refractivity (Wildman–Crippen MR) is 57.8 cm³/mol. The van der Waals surface area contributed by atoms with Crippen LogP contribution in [-0.2, 0) is 9.47 Å². The molecule has 1 aliphatic rings. The monoisotopic (exact) mass is 215 g/mol. The summed E-state index contributed by atoms with van der Waals surface area (Å²) in [5.74, 6) is 0. The molecule has 0 radical (unpaired) electrons. The van der Waals surface area contributed by atoms with Crippen LogP contribution in [-0.4, -0.2) is 41.9 Å². The summed E-state index contributed by atoms with van der Waals surface area (Å²) in [6.07, 6.45) is 0.152. The molecule has 0 bridgehead atoms. The van der Waals surface area contributed by atoms with Crippen LogP contribution >= 0.6 is 0 Å². The van der Waals surface area contributed by atoms with Gasteiger partial charge in [-0.1, -0.05) is 0 Å². The third kappa shape index (κ3) is 4.08. The topological polar surface area (TPSA) is 38.8 Å². The number of hydrogen-bond donors (Lipinski definition) is 0. The number of carbonyl (C=O) groups excluding carboxylic acids is 1. The minimum atomic E-state index is -0.416. The van der Waals surface area contributed by atoms with Crippen LogP contribution in [0.15, 0.2) is 0 Å². The Hall–Kier alpha value is -0.770. The summed E-state index contributed by atoms with van der Waals surface area (Å²) in [7, 11) is 0. The van der Waals surface area contributed by atoms with E-state index in [1.807, 2.05) is 34.6 Å². The Bertz CT molecular complexity index is 226. The molecule has 1 heterocycles. The second kappa shape index (κ2) is 4.39. The van der Waals surface area contributed by atoms with Crippen molar-refractivity contribution in [3.05, 3.63) is 0 Å². The molecule has 1 amide bonds. The second-order valence-electron chi connectivity index (χ2n) is 5.19. The highest BCUT2D eigenvalue weighted by Crippen LogP contribution is 2.17. The molecule has 0 saturated carbocycles. The fraction of sp³-hybridized carbons (Fsp3) is 0.909. The standard InChI is InChI=1S/C11H21NO3/c1-8(2)14-9-6-12(7-9)10(13)15-11(3,4)5/h8-9H,6-7H2,1-5H3. The molecule has 0 unspecified atom stereocenters. The summed E-state index contributed by atoms with van der Waals surface area (Å²) in [6, 6.07) is 0. The van der Waals surface area contributed by atoms with E-state index >= 15 is 0 Å². The van der Waals surface area contributed by atoms with Crippen molar-refractivity contribution in [3.63, 3.8) is 0 Å². The molecule has 1 rings (SSSR count). The number of hydrogen-bond acceptors (Lipinski definition) is 3. The minimum absolute atomic E-state index is 0.178. The van der Waals surface area contributed by atoms with Crippen LogP contribution in [0.3, 0.4) is 0 Å². The lowest BCUT2D eigenvalue weighted by Gasteiger charge is -2.40.